The van der Waals surface area contributed by atoms with Crippen molar-refractivity contribution in [1.82, 2.24) is 0 Å². The summed E-state index contributed by atoms with van der Waals surface area (Å²) in [5, 5.41) is 0. The summed E-state index contributed by atoms with van der Waals surface area (Å²) in [4.78, 5) is 0. The molecule has 0 saturated heterocycles. The van der Waals surface area contributed by atoms with Gasteiger partial charge in [0.25, 0.3) is 0 Å². The molecule has 1 nitrogen and oxygen atoms in total. The van der Waals surface area contributed by atoms with Gasteiger partial charge in [-0.3, -0.25) is 0 Å². The van der Waals surface area contributed by atoms with E-state index in [2.05, 4.69) is 15.9 Å². The fraction of sp³-hybridized carbons (Fsp3) is 0.500. The maximum absolute atomic E-state index is 14.5. The number of rotatable bonds is 4. The molecular weight excluding hydrogens is 257 g/mol. The minimum absolute atomic E-state index is 0.0345. The Kier molecular flexibility index (Phi) is 4.29. The minimum atomic E-state index is -1.39. The molecule has 3 heteroatoms. The molecule has 1 rings (SSSR count). The van der Waals surface area contributed by atoms with Crippen LogP contribution in [0.1, 0.15) is 25.8 Å². The van der Waals surface area contributed by atoms with Crippen molar-refractivity contribution < 1.29 is 4.39 Å². The largest absolute Gasteiger partial charge is 0.327 e. The van der Waals surface area contributed by atoms with Gasteiger partial charge in [-0.2, -0.15) is 0 Å². The van der Waals surface area contributed by atoms with E-state index >= 15 is 0 Å². The van der Waals surface area contributed by atoms with Gasteiger partial charge in [-0.05, 0) is 30.0 Å². The van der Waals surface area contributed by atoms with Crippen molar-refractivity contribution in [3.8, 4) is 0 Å². The van der Waals surface area contributed by atoms with Crippen molar-refractivity contribution in [3.05, 3.63) is 34.3 Å². The highest BCUT2D eigenvalue weighted by Gasteiger charge is 2.30. The molecule has 1 aromatic carbocycles. The van der Waals surface area contributed by atoms with Crippen LogP contribution in [0.25, 0.3) is 0 Å². The lowest BCUT2D eigenvalue weighted by molar-refractivity contribution is 0.140. The van der Waals surface area contributed by atoms with Crippen molar-refractivity contribution in [2.24, 2.45) is 11.7 Å². The van der Waals surface area contributed by atoms with Crippen LogP contribution >= 0.6 is 15.9 Å². The van der Waals surface area contributed by atoms with Crippen LogP contribution in [0, 0.1) is 5.92 Å². The zero-order valence-electron chi connectivity index (χ0n) is 9.13. The van der Waals surface area contributed by atoms with Crippen LogP contribution in [0.5, 0.6) is 0 Å². The van der Waals surface area contributed by atoms with Gasteiger partial charge in [0.15, 0.2) is 0 Å². The van der Waals surface area contributed by atoms with Crippen LogP contribution in [0.2, 0.25) is 0 Å². The topological polar surface area (TPSA) is 26.0 Å². The highest BCUT2D eigenvalue weighted by Crippen LogP contribution is 2.32. The molecule has 1 unspecified atom stereocenters. The first-order chi connectivity index (χ1) is 6.98. The third-order valence-electron chi connectivity index (χ3n) is 2.42. The number of benzene rings is 1. The molecule has 15 heavy (non-hydrogen) atoms. The Hall–Kier alpha value is -0.410. The quantitative estimate of drug-likeness (QED) is 0.891. The van der Waals surface area contributed by atoms with E-state index in [0.29, 0.717) is 17.9 Å². The van der Waals surface area contributed by atoms with Crippen LogP contribution in [0.3, 0.4) is 0 Å². The molecule has 2 N–H and O–H groups in total. The van der Waals surface area contributed by atoms with Gasteiger partial charge in [0.2, 0.25) is 0 Å². The Bertz CT molecular complexity index is 310. The van der Waals surface area contributed by atoms with E-state index in [0.717, 1.165) is 4.47 Å². The molecule has 0 saturated carbocycles. The van der Waals surface area contributed by atoms with E-state index in [1.807, 2.05) is 26.0 Å². The van der Waals surface area contributed by atoms with Gasteiger partial charge in [0.05, 0.1) is 0 Å². The van der Waals surface area contributed by atoms with Crippen molar-refractivity contribution in [3.63, 3.8) is 0 Å². The Morgan fingerprint density at radius 1 is 1.33 bits per heavy atom. The second-order valence-electron chi connectivity index (χ2n) is 4.27. The van der Waals surface area contributed by atoms with E-state index in [9.17, 15) is 4.39 Å². The zero-order valence-corrected chi connectivity index (χ0v) is 10.7. The van der Waals surface area contributed by atoms with Gasteiger partial charge in [0, 0.05) is 11.0 Å². The normalized spacial score (nSPS) is 15.3. The summed E-state index contributed by atoms with van der Waals surface area (Å²) in [5.41, 5.74) is 4.81. The first kappa shape index (κ1) is 12.7. The zero-order chi connectivity index (χ0) is 11.5. The van der Waals surface area contributed by atoms with E-state index in [1.54, 1.807) is 12.1 Å². The van der Waals surface area contributed by atoms with Gasteiger partial charge in [-0.25, -0.2) is 4.39 Å². The van der Waals surface area contributed by atoms with Gasteiger partial charge >= 0.3 is 0 Å². The molecular formula is C12H17BrFN. The Balaban J connectivity index is 2.95. The molecule has 84 valence electrons. The van der Waals surface area contributed by atoms with Crippen molar-refractivity contribution >= 4 is 15.9 Å². The number of halogens is 2. The first-order valence-corrected chi connectivity index (χ1v) is 5.92. The monoisotopic (exact) mass is 273 g/mol. The molecule has 1 atom stereocenters. The van der Waals surface area contributed by atoms with E-state index < -0.39 is 5.67 Å². The van der Waals surface area contributed by atoms with Crippen LogP contribution in [0.4, 0.5) is 4.39 Å². The maximum Gasteiger partial charge on any atom is 0.148 e. The van der Waals surface area contributed by atoms with Gasteiger partial charge < -0.3 is 5.73 Å². The molecule has 0 aliphatic heterocycles. The predicted molar refractivity (Wildman–Crippen MR) is 65.4 cm³/mol. The number of hydrogen-bond acceptors (Lipinski definition) is 1. The summed E-state index contributed by atoms with van der Waals surface area (Å²) in [7, 11) is 0. The average Bonchev–Trinajstić information content (AvgIpc) is 2.17. The second kappa shape index (κ2) is 5.08. The highest BCUT2D eigenvalue weighted by molar-refractivity contribution is 9.10. The number of nitrogens with two attached hydrogens (primary N) is 1. The van der Waals surface area contributed by atoms with E-state index in [1.165, 1.54) is 0 Å². The molecule has 0 fully saturated rings. The van der Waals surface area contributed by atoms with Crippen LogP contribution in [0.15, 0.2) is 28.7 Å². The molecule has 1 aromatic rings. The van der Waals surface area contributed by atoms with Crippen molar-refractivity contribution in [2.45, 2.75) is 25.9 Å². The van der Waals surface area contributed by atoms with Crippen LogP contribution in [-0.4, -0.2) is 6.54 Å². The fourth-order valence-electron chi connectivity index (χ4n) is 1.71. The second-order valence-corrected chi connectivity index (χ2v) is 5.19. The summed E-state index contributed by atoms with van der Waals surface area (Å²) in [5.74, 6) is 0.294. The van der Waals surface area contributed by atoms with Crippen LogP contribution in [-0.2, 0) is 5.67 Å². The molecule has 0 spiro atoms. The summed E-state index contributed by atoms with van der Waals surface area (Å²) in [6, 6.07) is 7.28. The molecule has 0 amide bonds. The summed E-state index contributed by atoms with van der Waals surface area (Å²) >= 11 is 3.33. The van der Waals surface area contributed by atoms with Gasteiger partial charge in [-0.1, -0.05) is 41.9 Å². The third kappa shape index (κ3) is 3.28. The minimum Gasteiger partial charge on any atom is -0.327 e. The Morgan fingerprint density at radius 2 is 1.87 bits per heavy atom. The van der Waals surface area contributed by atoms with E-state index in [4.69, 9.17) is 5.73 Å². The molecule has 0 radical (unpaired) electrons. The number of alkyl halides is 1. The Morgan fingerprint density at radius 3 is 2.27 bits per heavy atom. The maximum atomic E-state index is 14.5. The molecule has 0 heterocycles. The lowest BCUT2D eigenvalue weighted by atomic mass is 9.87. The predicted octanol–water partition coefficient (Wildman–Crippen LogP) is 3.62. The molecule has 0 aromatic heterocycles. The van der Waals surface area contributed by atoms with Crippen molar-refractivity contribution in [2.75, 3.05) is 6.54 Å². The molecule has 0 aliphatic carbocycles. The Labute approximate surface area is 99.0 Å². The van der Waals surface area contributed by atoms with E-state index in [-0.39, 0.29) is 6.54 Å². The van der Waals surface area contributed by atoms with Gasteiger partial charge in [0.1, 0.15) is 5.67 Å². The highest BCUT2D eigenvalue weighted by atomic mass is 79.9. The van der Waals surface area contributed by atoms with Crippen LogP contribution < -0.4 is 5.73 Å². The standard InChI is InChI=1S/C12H17BrFN/c1-9(2)7-12(14,8-15)10-3-5-11(13)6-4-10/h3-6,9H,7-8,15H2,1-2H3. The lowest BCUT2D eigenvalue weighted by Gasteiger charge is -2.26. The first-order valence-electron chi connectivity index (χ1n) is 5.13. The van der Waals surface area contributed by atoms with Crippen molar-refractivity contribution in [1.29, 1.82) is 0 Å². The average molecular weight is 274 g/mol. The number of hydrogen-bond donors (Lipinski definition) is 1. The fourth-order valence-corrected chi connectivity index (χ4v) is 1.98. The molecule has 0 aliphatic rings. The van der Waals surface area contributed by atoms with Gasteiger partial charge in [-0.15, -0.1) is 0 Å². The summed E-state index contributed by atoms with van der Waals surface area (Å²) in [6.07, 6.45) is 0.463. The lowest BCUT2D eigenvalue weighted by Crippen LogP contribution is -2.31. The third-order valence-corrected chi connectivity index (χ3v) is 2.95. The SMILES string of the molecule is CC(C)CC(F)(CN)c1ccc(Br)cc1. The molecule has 0 bridgehead atoms. The smallest absolute Gasteiger partial charge is 0.148 e. The summed E-state index contributed by atoms with van der Waals surface area (Å²) in [6.45, 7) is 4.04. The summed E-state index contributed by atoms with van der Waals surface area (Å²) < 4.78 is 15.4.